The van der Waals surface area contributed by atoms with Gasteiger partial charge in [0.1, 0.15) is 11.4 Å². The van der Waals surface area contributed by atoms with Crippen LogP contribution in [0.4, 0.5) is 0 Å². The Kier molecular flexibility index (Phi) is 9.00. The predicted molar refractivity (Wildman–Crippen MR) is 129 cm³/mol. The lowest BCUT2D eigenvalue weighted by atomic mass is 9.87. The number of esters is 1. The Morgan fingerprint density at radius 3 is 2.97 bits per heavy atom. The molecule has 0 aromatic carbocycles. The highest BCUT2D eigenvalue weighted by atomic mass is 127. The van der Waals surface area contributed by atoms with Crippen molar-refractivity contribution in [1.29, 1.82) is 0 Å². The van der Waals surface area contributed by atoms with Crippen molar-refractivity contribution in [2.24, 2.45) is 13.0 Å². The summed E-state index contributed by atoms with van der Waals surface area (Å²) in [6.07, 6.45) is 6.89. The molecule has 8 nitrogen and oxygen atoms in total. The maximum atomic E-state index is 11.9. The van der Waals surface area contributed by atoms with E-state index >= 15 is 0 Å². The van der Waals surface area contributed by atoms with Crippen LogP contribution in [0.25, 0.3) is 17.5 Å². The lowest BCUT2D eigenvalue weighted by Crippen LogP contribution is -2.30. The van der Waals surface area contributed by atoms with Gasteiger partial charge in [0.05, 0.1) is 49.1 Å². The second-order valence-corrected chi connectivity index (χ2v) is 9.84. The van der Waals surface area contributed by atoms with E-state index in [-0.39, 0.29) is 18.0 Å². The Labute approximate surface area is 198 Å². The van der Waals surface area contributed by atoms with E-state index in [4.69, 9.17) is 19.2 Å². The van der Waals surface area contributed by atoms with E-state index in [9.17, 15) is 4.79 Å². The molecule has 2 aromatic rings. The van der Waals surface area contributed by atoms with Crippen LogP contribution in [0.5, 0.6) is 5.75 Å². The van der Waals surface area contributed by atoms with Gasteiger partial charge in [0, 0.05) is 18.9 Å². The fourth-order valence-electron chi connectivity index (χ4n) is 3.61. The van der Waals surface area contributed by atoms with Crippen LogP contribution in [0.2, 0.25) is 0 Å². The van der Waals surface area contributed by atoms with Crippen LogP contribution in [0.1, 0.15) is 37.1 Å². The summed E-state index contributed by atoms with van der Waals surface area (Å²) in [5, 5.41) is 8.40. The third-order valence-electron chi connectivity index (χ3n) is 5.20. The fourth-order valence-corrected chi connectivity index (χ4v) is 4.31. The first-order valence-corrected chi connectivity index (χ1v) is 13.7. The Balaban J connectivity index is 1.71. The monoisotopic (exact) mass is 558 g/mol. The van der Waals surface area contributed by atoms with Crippen LogP contribution < -0.4 is 4.74 Å². The van der Waals surface area contributed by atoms with Crippen molar-refractivity contribution in [2.75, 3.05) is 19.5 Å². The number of pyridine rings is 1. The van der Waals surface area contributed by atoms with Gasteiger partial charge < -0.3 is 14.2 Å². The molecule has 31 heavy (non-hydrogen) atoms. The van der Waals surface area contributed by atoms with Gasteiger partial charge in [-0.05, 0) is 65.9 Å². The number of carbonyl (C=O) groups excluding carboxylic acids is 1. The maximum absolute atomic E-state index is 11.9. The molecule has 0 spiro atoms. The van der Waals surface area contributed by atoms with Crippen LogP contribution in [0.3, 0.4) is 0 Å². The first-order valence-electron chi connectivity index (χ1n) is 10.2. The van der Waals surface area contributed by atoms with Crippen molar-refractivity contribution < 1.29 is 19.0 Å². The van der Waals surface area contributed by atoms with Gasteiger partial charge in [-0.15, -0.1) is 5.10 Å². The smallest absolute Gasteiger partial charge is 0.308 e. The molecule has 2 aromatic heterocycles. The number of rotatable bonds is 9. The van der Waals surface area contributed by atoms with Crippen molar-refractivity contribution in [2.45, 2.75) is 38.7 Å². The molecule has 0 N–H and O–H groups in total. The van der Waals surface area contributed by atoms with E-state index in [1.165, 1.54) is 7.11 Å². The number of aromatic nitrogens is 4. The van der Waals surface area contributed by atoms with Gasteiger partial charge in [-0.3, -0.25) is 4.79 Å². The van der Waals surface area contributed by atoms with E-state index in [2.05, 4.69) is 31.5 Å². The van der Waals surface area contributed by atoms with Crippen molar-refractivity contribution >= 4 is 42.2 Å². The maximum Gasteiger partial charge on any atom is 0.308 e. The molecule has 0 bridgehead atoms. The zero-order valence-corrected chi connectivity index (χ0v) is 20.9. The van der Waals surface area contributed by atoms with E-state index in [0.717, 1.165) is 47.8 Å². The third-order valence-corrected chi connectivity index (χ3v) is 6.85. The Bertz CT molecular complexity index is 921. The Hall–Kier alpha value is -1.82. The molecule has 10 heteroatoms. The summed E-state index contributed by atoms with van der Waals surface area (Å²) in [7, 11) is 4.98. The topological polar surface area (TPSA) is 88.4 Å². The third kappa shape index (κ3) is 6.34. The second-order valence-electron chi connectivity index (χ2n) is 7.34. The normalized spacial score (nSPS) is 18.8. The van der Waals surface area contributed by atoms with Crippen LogP contribution in [-0.4, -0.2) is 51.5 Å². The van der Waals surface area contributed by atoms with E-state index < -0.39 is 0 Å². The highest BCUT2D eigenvalue weighted by Gasteiger charge is 2.29. The summed E-state index contributed by atoms with van der Waals surface area (Å²) in [4.78, 5) is 16.6. The van der Waals surface area contributed by atoms with Gasteiger partial charge in [0.25, 0.3) is 0 Å². The predicted octanol–water partition coefficient (Wildman–Crippen LogP) is 4.37. The molecular weight excluding hydrogens is 531 g/mol. The van der Waals surface area contributed by atoms with Crippen LogP contribution >= 0.6 is 30.1 Å². The zero-order valence-electron chi connectivity index (χ0n) is 17.9. The average Bonchev–Trinajstić information content (AvgIpc) is 3.15. The zero-order chi connectivity index (χ0) is 22.2. The molecule has 0 unspecified atom stereocenters. The van der Waals surface area contributed by atoms with Gasteiger partial charge in [0.2, 0.25) is 0 Å². The quantitative estimate of drug-likeness (QED) is 0.194. The number of methoxy groups -OCH3 is 1. The van der Waals surface area contributed by atoms with Gasteiger partial charge in [0.15, 0.2) is 0 Å². The van der Waals surface area contributed by atoms with Gasteiger partial charge >= 0.3 is 5.97 Å². The molecule has 3 rings (SSSR count). The lowest BCUT2D eigenvalue weighted by Gasteiger charge is -2.28. The lowest BCUT2D eigenvalue weighted by molar-refractivity contribution is -0.147. The number of carbonyl (C=O) groups is 1. The molecule has 1 fully saturated rings. The summed E-state index contributed by atoms with van der Waals surface area (Å²) in [5.41, 5.74) is 2.99. The largest absolute Gasteiger partial charge is 0.500 e. The van der Waals surface area contributed by atoms with Gasteiger partial charge in [-0.2, -0.15) is 0 Å². The minimum Gasteiger partial charge on any atom is -0.500 e. The minimum absolute atomic E-state index is 0.0166. The number of nitrogens with zero attached hydrogens (tertiary/aromatic N) is 4. The van der Waals surface area contributed by atoms with Gasteiger partial charge in [-0.1, -0.05) is 14.1 Å². The molecule has 2 atom stereocenters. The number of hydrogen-bond donors (Lipinski definition) is 0. The molecule has 1 aliphatic carbocycles. The van der Waals surface area contributed by atoms with E-state index in [1.807, 2.05) is 32.2 Å². The van der Waals surface area contributed by atoms with Crippen molar-refractivity contribution in [1.82, 2.24) is 20.0 Å². The number of ether oxygens (including phenoxy) is 3. The Morgan fingerprint density at radius 2 is 2.23 bits per heavy atom. The first kappa shape index (κ1) is 23.8. The van der Waals surface area contributed by atoms with E-state index in [0.29, 0.717) is 18.7 Å². The number of halogens is 1. The summed E-state index contributed by atoms with van der Waals surface area (Å²) in [6, 6.07) is 3.80. The standard InChI is InChI=1S/C21H27IN4O4S/c1-14-19(30-16-6-4-5-15(13-16)21(27)28-3)8-7-17(23-14)20-18(26(2)25-24-20)9-10-29-11-12-31-22/h7-10,15-16H,4-6,11-13H2,1-3H3/b10-9+/t15-,16-/m0/s1. The highest BCUT2D eigenvalue weighted by molar-refractivity contribution is 14.2. The van der Waals surface area contributed by atoms with Crippen LogP contribution in [0.15, 0.2) is 18.4 Å². The van der Waals surface area contributed by atoms with Crippen LogP contribution in [0, 0.1) is 12.8 Å². The summed E-state index contributed by atoms with van der Waals surface area (Å²) >= 11 is 2.25. The van der Waals surface area contributed by atoms with Crippen molar-refractivity contribution in [3.05, 3.63) is 29.8 Å². The fraction of sp³-hybridized carbons (Fsp3) is 0.524. The molecule has 0 aliphatic heterocycles. The Morgan fingerprint density at radius 1 is 1.39 bits per heavy atom. The molecular formula is C21H27IN4O4S. The summed E-state index contributed by atoms with van der Waals surface area (Å²) < 4.78 is 18.3. The molecule has 1 aliphatic rings. The van der Waals surface area contributed by atoms with Crippen LogP contribution in [-0.2, 0) is 21.3 Å². The average molecular weight is 558 g/mol. The van der Waals surface area contributed by atoms with Crippen molar-refractivity contribution in [3.63, 3.8) is 0 Å². The van der Waals surface area contributed by atoms with Crippen molar-refractivity contribution in [3.8, 4) is 17.1 Å². The molecule has 0 amide bonds. The summed E-state index contributed by atoms with van der Waals surface area (Å²) in [6.45, 7) is 2.56. The molecule has 1 saturated carbocycles. The molecule has 2 heterocycles. The molecule has 0 radical (unpaired) electrons. The minimum atomic E-state index is -0.154. The molecule has 168 valence electrons. The first-order chi connectivity index (χ1) is 15.0. The highest BCUT2D eigenvalue weighted by Crippen LogP contribution is 2.31. The number of aryl methyl sites for hydroxylation is 2. The number of hydrogen-bond acceptors (Lipinski definition) is 8. The SMILES string of the molecule is COC(=O)[C@H]1CCC[C@H](Oc2ccc(-c3nnn(C)c3/C=C/OCCSI)nc2C)C1. The summed E-state index contributed by atoms with van der Waals surface area (Å²) in [5.74, 6) is 1.40. The van der Waals surface area contributed by atoms with E-state index in [1.54, 1.807) is 19.9 Å². The molecule has 0 saturated heterocycles. The van der Waals surface area contributed by atoms with Gasteiger partial charge in [-0.25, -0.2) is 9.67 Å². The second kappa shape index (κ2) is 11.7.